The van der Waals surface area contributed by atoms with E-state index in [1.165, 1.54) is 6.21 Å². The third-order valence-corrected chi connectivity index (χ3v) is 3.73. The van der Waals surface area contributed by atoms with Crippen LogP contribution in [0.3, 0.4) is 0 Å². The Balaban J connectivity index is 2.02. The van der Waals surface area contributed by atoms with Gasteiger partial charge in [-0.25, -0.2) is 5.43 Å². The molecule has 0 aromatic heterocycles. The summed E-state index contributed by atoms with van der Waals surface area (Å²) in [6.45, 7) is 6.03. The van der Waals surface area contributed by atoms with E-state index in [4.69, 9.17) is 0 Å². The third-order valence-electron chi connectivity index (χ3n) is 3.73. The second-order valence-corrected chi connectivity index (χ2v) is 5.33. The number of phenolic OH excluding ortho intramolecular Hbond substituents is 3. The molecule has 0 aliphatic heterocycles. The van der Waals surface area contributed by atoms with Crippen molar-refractivity contribution in [1.82, 2.24) is 5.43 Å². The number of phenols is 3. The minimum atomic E-state index is -0.673. The van der Waals surface area contributed by atoms with Crippen molar-refractivity contribution >= 4 is 17.8 Å². The topological polar surface area (TPSA) is 105 Å². The van der Waals surface area contributed by atoms with Crippen molar-refractivity contribution in [2.24, 2.45) is 5.10 Å². The van der Waals surface area contributed by atoms with Crippen LogP contribution in [0.15, 0.2) is 41.5 Å². The summed E-state index contributed by atoms with van der Waals surface area (Å²) in [5, 5.41) is 31.9. The highest BCUT2D eigenvalue weighted by molar-refractivity contribution is 5.96. The molecule has 1 amide bonds. The quantitative estimate of drug-likeness (QED) is 0.366. The molecule has 4 N–H and O–H groups in total. The largest absolute Gasteiger partial charge is 0.504 e. The molecule has 0 fully saturated rings. The van der Waals surface area contributed by atoms with Crippen molar-refractivity contribution in [3.8, 4) is 17.2 Å². The summed E-state index contributed by atoms with van der Waals surface area (Å²) in [6, 6.07) is 9.82. The fourth-order valence-electron chi connectivity index (χ4n) is 2.33. The van der Waals surface area contributed by atoms with E-state index in [2.05, 4.69) is 29.3 Å². The summed E-state index contributed by atoms with van der Waals surface area (Å²) in [4.78, 5) is 14.2. The van der Waals surface area contributed by atoms with E-state index < -0.39 is 23.2 Å². The van der Waals surface area contributed by atoms with Gasteiger partial charge in [-0.15, -0.1) is 0 Å². The van der Waals surface area contributed by atoms with E-state index in [9.17, 15) is 20.1 Å². The van der Waals surface area contributed by atoms with E-state index in [-0.39, 0.29) is 5.56 Å². The maximum Gasteiger partial charge on any atom is 0.271 e. The van der Waals surface area contributed by atoms with Gasteiger partial charge in [-0.3, -0.25) is 4.79 Å². The summed E-state index contributed by atoms with van der Waals surface area (Å²) in [6.07, 6.45) is 1.49. The second kappa shape index (κ2) is 8.05. The lowest BCUT2D eigenvalue weighted by atomic mass is 10.2. The molecule has 0 saturated heterocycles. The van der Waals surface area contributed by atoms with Gasteiger partial charge in [0, 0.05) is 24.3 Å². The van der Waals surface area contributed by atoms with Crippen LogP contribution in [0.1, 0.15) is 29.8 Å². The zero-order valence-electron chi connectivity index (χ0n) is 14.1. The van der Waals surface area contributed by atoms with Gasteiger partial charge in [0.15, 0.2) is 17.2 Å². The predicted molar refractivity (Wildman–Crippen MR) is 96.5 cm³/mol. The lowest BCUT2D eigenvalue weighted by Gasteiger charge is -2.20. The number of hydrogen-bond acceptors (Lipinski definition) is 6. The fourth-order valence-corrected chi connectivity index (χ4v) is 2.33. The van der Waals surface area contributed by atoms with Crippen LogP contribution in [0.25, 0.3) is 0 Å². The van der Waals surface area contributed by atoms with Gasteiger partial charge in [0.05, 0.1) is 6.21 Å². The SMILES string of the molecule is CCN(CC)c1ccc(C=NNC(=O)c2cc(O)c(O)c(O)c2)cc1. The Morgan fingerprint density at radius 2 is 1.64 bits per heavy atom. The van der Waals surface area contributed by atoms with Crippen molar-refractivity contribution in [1.29, 1.82) is 0 Å². The molecule has 0 unspecified atom stereocenters. The lowest BCUT2D eigenvalue weighted by molar-refractivity contribution is 0.0954. The minimum Gasteiger partial charge on any atom is -0.504 e. The number of amides is 1. The highest BCUT2D eigenvalue weighted by Gasteiger charge is 2.12. The van der Waals surface area contributed by atoms with Crippen molar-refractivity contribution in [3.63, 3.8) is 0 Å². The van der Waals surface area contributed by atoms with E-state index in [1.54, 1.807) is 0 Å². The molecular weight excluding hydrogens is 322 g/mol. The molecule has 2 aromatic rings. The van der Waals surface area contributed by atoms with Crippen LogP contribution in [0.5, 0.6) is 17.2 Å². The second-order valence-electron chi connectivity index (χ2n) is 5.33. The highest BCUT2D eigenvalue weighted by Crippen LogP contribution is 2.35. The molecule has 0 saturated carbocycles. The van der Waals surface area contributed by atoms with Gasteiger partial charge < -0.3 is 20.2 Å². The summed E-state index contributed by atoms with van der Waals surface area (Å²) in [5.74, 6) is -2.46. The number of carbonyl (C=O) groups excluding carboxylic acids is 1. The van der Waals surface area contributed by atoms with E-state index >= 15 is 0 Å². The van der Waals surface area contributed by atoms with Crippen LogP contribution < -0.4 is 10.3 Å². The molecule has 7 nitrogen and oxygen atoms in total. The smallest absolute Gasteiger partial charge is 0.271 e. The first kappa shape index (κ1) is 18.1. The molecule has 0 bridgehead atoms. The van der Waals surface area contributed by atoms with Gasteiger partial charge in [0.25, 0.3) is 5.91 Å². The molecule has 2 rings (SSSR count). The summed E-state index contributed by atoms with van der Waals surface area (Å²) in [5.41, 5.74) is 4.20. The molecule has 0 radical (unpaired) electrons. The van der Waals surface area contributed by atoms with Gasteiger partial charge in [-0.1, -0.05) is 12.1 Å². The first-order chi connectivity index (χ1) is 12.0. The maximum atomic E-state index is 11.9. The number of anilines is 1. The van der Waals surface area contributed by atoms with Crippen LogP contribution >= 0.6 is 0 Å². The molecule has 0 aliphatic rings. The zero-order chi connectivity index (χ0) is 18.4. The number of hydrogen-bond donors (Lipinski definition) is 4. The molecule has 0 heterocycles. The van der Waals surface area contributed by atoms with Crippen LogP contribution in [0, 0.1) is 0 Å². The van der Waals surface area contributed by atoms with Crippen LogP contribution in [-0.4, -0.2) is 40.5 Å². The first-order valence-electron chi connectivity index (χ1n) is 7.89. The first-order valence-corrected chi connectivity index (χ1v) is 7.89. The molecule has 0 spiro atoms. The summed E-state index contributed by atoms with van der Waals surface area (Å²) < 4.78 is 0. The highest BCUT2D eigenvalue weighted by atomic mass is 16.3. The average molecular weight is 343 g/mol. The Labute approximate surface area is 145 Å². The van der Waals surface area contributed by atoms with E-state index in [0.29, 0.717) is 0 Å². The number of carbonyl (C=O) groups is 1. The Kier molecular flexibility index (Phi) is 5.84. The number of benzene rings is 2. The average Bonchev–Trinajstić information content (AvgIpc) is 2.61. The van der Waals surface area contributed by atoms with Crippen molar-refractivity contribution in [2.45, 2.75) is 13.8 Å². The Morgan fingerprint density at radius 3 is 2.16 bits per heavy atom. The number of hydrazone groups is 1. The molecule has 0 aliphatic carbocycles. The zero-order valence-corrected chi connectivity index (χ0v) is 14.1. The van der Waals surface area contributed by atoms with Gasteiger partial charge in [-0.2, -0.15) is 5.10 Å². The third kappa shape index (κ3) is 4.41. The lowest BCUT2D eigenvalue weighted by Crippen LogP contribution is -2.21. The maximum absolute atomic E-state index is 11.9. The van der Waals surface area contributed by atoms with Gasteiger partial charge in [-0.05, 0) is 43.7 Å². The van der Waals surface area contributed by atoms with Gasteiger partial charge in [0.2, 0.25) is 0 Å². The van der Waals surface area contributed by atoms with Crippen LogP contribution in [-0.2, 0) is 0 Å². The number of rotatable bonds is 6. The van der Waals surface area contributed by atoms with Crippen molar-refractivity contribution in [2.75, 3.05) is 18.0 Å². The number of aromatic hydroxyl groups is 3. The van der Waals surface area contributed by atoms with Crippen molar-refractivity contribution < 1.29 is 20.1 Å². The Morgan fingerprint density at radius 1 is 1.08 bits per heavy atom. The van der Waals surface area contributed by atoms with E-state index in [1.807, 2.05) is 24.3 Å². The molecule has 0 atom stereocenters. The normalized spacial score (nSPS) is 10.8. The van der Waals surface area contributed by atoms with Crippen molar-refractivity contribution in [3.05, 3.63) is 47.5 Å². The summed E-state index contributed by atoms with van der Waals surface area (Å²) >= 11 is 0. The molecule has 2 aromatic carbocycles. The minimum absolute atomic E-state index is 0.0261. The molecule has 7 heteroatoms. The van der Waals surface area contributed by atoms with Crippen LogP contribution in [0.4, 0.5) is 5.69 Å². The number of nitrogens with one attached hydrogen (secondary N) is 1. The predicted octanol–water partition coefficient (Wildman–Crippen LogP) is 2.41. The van der Waals surface area contributed by atoms with Crippen LogP contribution in [0.2, 0.25) is 0 Å². The Hall–Kier alpha value is -3.22. The summed E-state index contributed by atoms with van der Waals surface area (Å²) in [7, 11) is 0. The van der Waals surface area contributed by atoms with E-state index in [0.717, 1.165) is 36.5 Å². The monoisotopic (exact) mass is 343 g/mol. The molecular formula is C18H21N3O4. The number of nitrogens with zero attached hydrogens (tertiary/aromatic N) is 2. The molecule has 132 valence electrons. The standard InChI is InChI=1S/C18H21N3O4/c1-3-21(4-2)14-7-5-12(6-8-14)11-19-20-18(25)13-9-15(22)17(24)16(23)10-13/h5-11,22-24H,3-4H2,1-2H3,(H,20,25). The fraction of sp³-hybridized carbons (Fsp3) is 0.222. The van der Waals surface area contributed by atoms with Gasteiger partial charge in [0.1, 0.15) is 0 Å². The molecule has 25 heavy (non-hydrogen) atoms. The Bertz CT molecular complexity index is 745. The van der Waals surface area contributed by atoms with Gasteiger partial charge >= 0.3 is 0 Å².